The molecule has 2 nitrogen and oxygen atoms in total. The molecule has 1 aliphatic heterocycles. The van der Waals surface area contributed by atoms with Gasteiger partial charge < -0.3 is 4.90 Å². The number of halogens is 1. The Morgan fingerprint density at radius 3 is 2.67 bits per heavy atom. The van der Waals surface area contributed by atoms with E-state index in [9.17, 15) is 9.18 Å². The van der Waals surface area contributed by atoms with Gasteiger partial charge in [0.25, 0.3) is 0 Å². The van der Waals surface area contributed by atoms with E-state index in [0.717, 1.165) is 25.6 Å². The number of Topliss-reactive ketones (excluding diaryl/α,β-unsaturated/α-hetero) is 1. The summed E-state index contributed by atoms with van der Waals surface area (Å²) in [6.07, 6.45) is 2.82. The van der Waals surface area contributed by atoms with Crippen LogP contribution < -0.4 is 0 Å². The molecule has 0 radical (unpaired) electrons. The van der Waals surface area contributed by atoms with Crippen LogP contribution in [0.5, 0.6) is 0 Å². The lowest BCUT2D eigenvalue weighted by Crippen LogP contribution is -2.34. The van der Waals surface area contributed by atoms with Gasteiger partial charge in [-0.2, -0.15) is 0 Å². The van der Waals surface area contributed by atoms with Crippen LogP contribution in [-0.4, -0.2) is 30.3 Å². The second kappa shape index (κ2) is 6.10. The first-order chi connectivity index (χ1) is 8.66. The molecule has 3 heteroatoms. The standard InChI is InChI=1S/C15H20FNO/c1-12-6-9-17(10-7-12)11-8-15(18)13-4-2-3-5-14(13)16/h2-5,12H,6-11H2,1H3. The quantitative estimate of drug-likeness (QED) is 0.764. The zero-order valence-corrected chi connectivity index (χ0v) is 10.9. The van der Waals surface area contributed by atoms with Gasteiger partial charge in [0.2, 0.25) is 0 Å². The van der Waals surface area contributed by atoms with E-state index in [2.05, 4.69) is 11.8 Å². The third-order valence-electron chi connectivity index (χ3n) is 3.71. The van der Waals surface area contributed by atoms with Crippen molar-refractivity contribution in [3.8, 4) is 0 Å². The van der Waals surface area contributed by atoms with E-state index in [0.29, 0.717) is 6.42 Å². The molecule has 0 atom stereocenters. The molecule has 1 aliphatic rings. The van der Waals surface area contributed by atoms with Crippen LogP contribution in [0.15, 0.2) is 24.3 Å². The molecule has 0 amide bonds. The molecule has 0 N–H and O–H groups in total. The van der Waals surface area contributed by atoms with Gasteiger partial charge in [0.1, 0.15) is 5.82 Å². The Bertz CT molecular complexity index is 411. The van der Waals surface area contributed by atoms with E-state index in [-0.39, 0.29) is 11.3 Å². The minimum Gasteiger partial charge on any atom is -0.303 e. The van der Waals surface area contributed by atoms with Crippen LogP contribution in [0.2, 0.25) is 0 Å². The fraction of sp³-hybridized carbons (Fsp3) is 0.533. The van der Waals surface area contributed by atoms with Gasteiger partial charge in [-0.25, -0.2) is 4.39 Å². The van der Waals surface area contributed by atoms with Crippen LogP contribution in [0.4, 0.5) is 4.39 Å². The highest BCUT2D eigenvalue weighted by molar-refractivity contribution is 5.96. The van der Waals surface area contributed by atoms with Gasteiger partial charge >= 0.3 is 0 Å². The molecule has 1 fully saturated rings. The maximum absolute atomic E-state index is 13.4. The molecule has 0 aromatic heterocycles. The summed E-state index contributed by atoms with van der Waals surface area (Å²) in [5, 5.41) is 0. The van der Waals surface area contributed by atoms with Crippen molar-refractivity contribution in [1.29, 1.82) is 0 Å². The average Bonchev–Trinajstić information content (AvgIpc) is 2.38. The van der Waals surface area contributed by atoms with Crippen molar-refractivity contribution in [1.82, 2.24) is 4.90 Å². The molecule has 1 saturated heterocycles. The minimum atomic E-state index is -0.408. The maximum Gasteiger partial charge on any atom is 0.167 e. The van der Waals surface area contributed by atoms with E-state index >= 15 is 0 Å². The van der Waals surface area contributed by atoms with E-state index in [4.69, 9.17) is 0 Å². The van der Waals surface area contributed by atoms with Crippen molar-refractivity contribution >= 4 is 5.78 Å². The monoisotopic (exact) mass is 249 g/mol. The number of carbonyl (C=O) groups is 1. The lowest BCUT2D eigenvalue weighted by Gasteiger charge is -2.29. The normalized spacial score (nSPS) is 17.9. The second-order valence-corrected chi connectivity index (χ2v) is 5.18. The number of rotatable bonds is 4. The van der Waals surface area contributed by atoms with Gasteiger partial charge in [-0.3, -0.25) is 4.79 Å². The smallest absolute Gasteiger partial charge is 0.167 e. The third kappa shape index (κ3) is 3.39. The highest BCUT2D eigenvalue weighted by Gasteiger charge is 2.17. The first-order valence-corrected chi connectivity index (χ1v) is 6.67. The number of hydrogen-bond acceptors (Lipinski definition) is 2. The summed E-state index contributed by atoms with van der Waals surface area (Å²) in [5.41, 5.74) is 0.225. The van der Waals surface area contributed by atoms with Gasteiger partial charge in [0, 0.05) is 13.0 Å². The highest BCUT2D eigenvalue weighted by Crippen LogP contribution is 2.17. The highest BCUT2D eigenvalue weighted by atomic mass is 19.1. The largest absolute Gasteiger partial charge is 0.303 e. The van der Waals surface area contributed by atoms with Crippen LogP contribution in [0.1, 0.15) is 36.5 Å². The molecule has 1 aromatic carbocycles. The maximum atomic E-state index is 13.4. The Balaban J connectivity index is 1.84. The predicted molar refractivity (Wildman–Crippen MR) is 70.2 cm³/mol. The number of carbonyl (C=O) groups excluding carboxylic acids is 1. The van der Waals surface area contributed by atoms with Crippen molar-refractivity contribution in [2.75, 3.05) is 19.6 Å². The van der Waals surface area contributed by atoms with E-state index in [1.165, 1.54) is 18.9 Å². The van der Waals surface area contributed by atoms with Gasteiger partial charge in [-0.05, 0) is 44.0 Å². The Morgan fingerprint density at radius 2 is 2.00 bits per heavy atom. The Hall–Kier alpha value is -1.22. The van der Waals surface area contributed by atoms with E-state index in [1.54, 1.807) is 18.2 Å². The first kappa shape index (κ1) is 13.2. The molecule has 0 bridgehead atoms. The topological polar surface area (TPSA) is 20.3 Å². The average molecular weight is 249 g/mol. The van der Waals surface area contributed by atoms with Crippen LogP contribution in [0, 0.1) is 11.7 Å². The lowest BCUT2D eigenvalue weighted by atomic mass is 9.99. The summed E-state index contributed by atoms with van der Waals surface area (Å²) in [7, 11) is 0. The summed E-state index contributed by atoms with van der Waals surface area (Å²) < 4.78 is 13.4. The zero-order valence-electron chi connectivity index (χ0n) is 10.9. The van der Waals surface area contributed by atoms with Gasteiger partial charge in [0.05, 0.1) is 5.56 Å². The molecule has 18 heavy (non-hydrogen) atoms. The van der Waals surface area contributed by atoms with Crippen molar-refractivity contribution in [2.24, 2.45) is 5.92 Å². The molecule has 1 aromatic rings. The number of ketones is 1. The Morgan fingerprint density at radius 1 is 1.33 bits per heavy atom. The van der Waals surface area contributed by atoms with Gasteiger partial charge in [-0.15, -0.1) is 0 Å². The zero-order chi connectivity index (χ0) is 13.0. The molecule has 0 unspecified atom stereocenters. The fourth-order valence-corrected chi connectivity index (χ4v) is 2.37. The van der Waals surface area contributed by atoms with Crippen molar-refractivity contribution in [3.63, 3.8) is 0 Å². The number of nitrogens with zero attached hydrogens (tertiary/aromatic N) is 1. The summed E-state index contributed by atoms with van der Waals surface area (Å²) >= 11 is 0. The molecule has 1 heterocycles. The van der Waals surface area contributed by atoms with Crippen LogP contribution in [-0.2, 0) is 0 Å². The second-order valence-electron chi connectivity index (χ2n) is 5.18. The fourth-order valence-electron chi connectivity index (χ4n) is 2.37. The summed E-state index contributed by atoms with van der Waals surface area (Å²) in [6, 6.07) is 6.22. The third-order valence-corrected chi connectivity index (χ3v) is 3.71. The van der Waals surface area contributed by atoms with E-state index in [1.807, 2.05) is 0 Å². The molecule has 0 spiro atoms. The number of hydrogen-bond donors (Lipinski definition) is 0. The van der Waals surface area contributed by atoms with Crippen molar-refractivity contribution < 1.29 is 9.18 Å². The van der Waals surface area contributed by atoms with Gasteiger partial charge in [0.15, 0.2) is 5.78 Å². The molecule has 0 aliphatic carbocycles. The summed E-state index contributed by atoms with van der Waals surface area (Å²) in [5.74, 6) is 0.296. The van der Waals surface area contributed by atoms with Crippen LogP contribution in [0.3, 0.4) is 0 Å². The van der Waals surface area contributed by atoms with Crippen LogP contribution in [0.25, 0.3) is 0 Å². The first-order valence-electron chi connectivity index (χ1n) is 6.67. The number of piperidine rings is 1. The number of benzene rings is 1. The Labute approximate surface area is 108 Å². The molecule has 0 saturated carbocycles. The summed E-state index contributed by atoms with van der Waals surface area (Å²) in [6.45, 7) is 5.14. The molecule has 98 valence electrons. The molecular formula is C15H20FNO. The predicted octanol–water partition coefficient (Wildman–Crippen LogP) is 3.13. The minimum absolute atomic E-state index is 0.0910. The lowest BCUT2D eigenvalue weighted by molar-refractivity contribution is 0.0949. The van der Waals surface area contributed by atoms with Crippen LogP contribution >= 0.6 is 0 Å². The van der Waals surface area contributed by atoms with E-state index < -0.39 is 5.82 Å². The Kier molecular flexibility index (Phi) is 4.48. The van der Waals surface area contributed by atoms with Gasteiger partial charge in [-0.1, -0.05) is 19.1 Å². The van der Waals surface area contributed by atoms with Crippen molar-refractivity contribution in [3.05, 3.63) is 35.6 Å². The molecular weight excluding hydrogens is 229 g/mol. The number of likely N-dealkylation sites (tertiary alicyclic amines) is 1. The summed E-state index contributed by atoms with van der Waals surface area (Å²) in [4.78, 5) is 14.2. The molecule has 2 rings (SSSR count). The SMILES string of the molecule is CC1CCN(CCC(=O)c2ccccc2F)CC1. The van der Waals surface area contributed by atoms with Crippen molar-refractivity contribution in [2.45, 2.75) is 26.2 Å².